The van der Waals surface area contributed by atoms with Gasteiger partial charge < -0.3 is 19.6 Å². The summed E-state index contributed by atoms with van der Waals surface area (Å²) in [6, 6.07) is 8.18. The fourth-order valence-corrected chi connectivity index (χ4v) is 3.72. The van der Waals surface area contributed by atoms with E-state index in [4.69, 9.17) is 4.74 Å². The van der Waals surface area contributed by atoms with Crippen LogP contribution < -0.4 is 4.90 Å². The Morgan fingerprint density at radius 1 is 1.21 bits per heavy atom. The molecule has 0 aromatic heterocycles. The standard InChI is InChI=1S/C19H28N2O3/c1-19(2,23)17-4-3-9-21(17)18(22)14-15-5-7-16(8-6-15)20-10-12-24-13-11-20/h5-8,17,23H,3-4,9-14H2,1-2H3/t17-/m0/s1. The summed E-state index contributed by atoms with van der Waals surface area (Å²) in [7, 11) is 0. The predicted molar refractivity (Wildman–Crippen MR) is 94.2 cm³/mol. The van der Waals surface area contributed by atoms with Gasteiger partial charge in [0.1, 0.15) is 0 Å². The van der Waals surface area contributed by atoms with Crippen LogP contribution in [0.5, 0.6) is 0 Å². The number of benzene rings is 1. The van der Waals surface area contributed by atoms with Gasteiger partial charge in [0.15, 0.2) is 0 Å². The number of likely N-dealkylation sites (tertiary alicyclic amines) is 1. The van der Waals surface area contributed by atoms with Crippen LogP contribution in [-0.2, 0) is 16.0 Å². The third kappa shape index (κ3) is 3.90. The first kappa shape index (κ1) is 17.2. The highest BCUT2D eigenvalue weighted by molar-refractivity contribution is 5.79. The lowest BCUT2D eigenvalue weighted by atomic mass is 9.96. The predicted octanol–water partition coefficient (Wildman–Crippen LogP) is 1.83. The van der Waals surface area contributed by atoms with Crippen molar-refractivity contribution in [2.75, 3.05) is 37.7 Å². The summed E-state index contributed by atoms with van der Waals surface area (Å²) < 4.78 is 5.38. The van der Waals surface area contributed by atoms with Crippen molar-refractivity contribution < 1.29 is 14.6 Å². The third-order valence-corrected chi connectivity index (χ3v) is 5.06. The number of hydrogen-bond acceptors (Lipinski definition) is 4. The van der Waals surface area contributed by atoms with Gasteiger partial charge >= 0.3 is 0 Å². The number of amides is 1. The molecule has 1 aromatic carbocycles. The van der Waals surface area contributed by atoms with Gasteiger partial charge in [-0.15, -0.1) is 0 Å². The zero-order valence-electron chi connectivity index (χ0n) is 14.7. The van der Waals surface area contributed by atoms with Crippen LogP contribution in [0.25, 0.3) is 0 Å². The lowest BCUT2D eigenvalue weighted by molar-refractivity contribution is -0.135. The molecule has 0 unspecified atom stereocenters. The Bertz CT molecular complexity index is 559. The topological polar surface area (TPSA) is 53.0 Å². The Morgan fingerprint density at radius 3 is 2.50 bits per heavy atom. The van der Waals surface area contributed by atoms with E-state index in [1.807, 2.05) is 17.0 Å². The zero-order chi connectivity index (χ0) is 17.2. The number of morpholine rings is 1. The highest BCUT2D eigenvalue weighted by Crippen LogP contribution is 2.27. The first-order valence-corrected chi connectivity index (χ1v) is 8.88. The number of hydrogen-bond donors (Lipinski definition) is 1. The highest BCUT2D eigenvalue weighted by Gasteiger charge is 2.38. The van der Waals surface area contributed by atoms with Crippen LogP contribution in [0, 0.1) is 0 Å². The fourth-order valence-electron chi connectivity index (χ4n) is 3.72. The van der Waals surface area contributed by atoms with Gasteiger partial charge in [0.2, 0.25) is 5.91 Å². The molecular formula is C19H28N2O3. The second-order valence-corrected chi connectivity index (χ2v) is 7.34. The molecule has 0 spiro atoms. The summed E-state index contributed by atoms with van der Waals surface area (Å²) in [5.74, 6) is 0.110. The first-order valence-electron chi connectivity index (χ1n) is 8.88. The minimum absolute atomic E-state index is 0.0716. The summed E-state index contributed by atoms with van der Waals surface area (Å²) >= 11 is 0. The lowest BCUT2D eigenvalue weighted by Crippen LogP contribution is -2.48. The van der Waals surface area contributed by atoms with E-state index in [1.54, 1.807) is 13.8 Å². The van der Waals surface area contributed by atoms with E-state index >= 15 is 0 Å². The number of ether oxygens (including phenoxy) is 1. The second kappa shape index (κ2) is 7.11. The number of anilines is 1. The average molecular weight is 332 g/mol. The Morgan fingerprint density at radius 2 is 1.88 bits per heavy atom. The zero-order valence-corrected chi connectivity index (χ0v) is 14.7. The van der Waals surface area contributed by atoms with Gasteiger partial charge in [-0.05, 0) is 44.4 Å². The molecular weight excluding hydrogens is 304 g/mol. The molecule has 2 aliphatic heterocycles. The monoisotopic (exact) mass is 332 g/mol. The van der Waals surface area contributed by atoms with E-state index in [0.29, 0.717) is 6.42 Å². The van der Waals surface area contributed by atoms with Crippen molar-refractivity contribution in [1.82, 2.24) is 4.90 Å². The minimum atomic E-state index is -0.841. The van der Waals surface area contributed by atoms with Gasteiger partial charge in [-0.3, -0.25) is 4.79 Å². The molecule has 0 aliphatic carbocycles. The molecule has 0 radical (unpaired) electrons. The maximum absolute atomic E-state index is 12.6. The molecule has 132 valence electrons. The van der Waals surface area contributed by atoms with E-state index in [1.165, 1.54) is 5.69 Å². The second-order valence-electron chi connectivity index (χ2n) is 7.34. The molecule has 2 aliphatic rings. The van der Waals surface area contributed by atoms with Crippen LogP contribution >= 0.6 is 0 Å². The summed E-state index contributed by atoms with van der Waals surface area (Å²) in [6.45, 7) is 7.71. The Kier molecular flexibility index (Phi) is 5.11. The van der Waals surface area contributed by atoms with Gasteiger partial charge in [-0.25, -0.2) is 0 Å². The molecule has 24 heavy (non-hydrogen) atoms. The quantitative estimate of drug-likeness (QED) is 0.914. The van der Waals surface area contributed by atoms with Crippen molar-refractivity contribution >= 4 is 11.6 Å². The summed E-state index contributed by atoms with van der Waals surface area (Å²) in [6.07, 6.45) is 2.25. The molecule has 3 rings (SSSR count). The summed E-state index contributed by atoms with van der Waals surface area (Å²) in [5, 5.41) is 10.3. The molecule has 5 heteroatoms. The lowest BCUT2D eigenvalue weighted by Gasteiger charge is -2.34. The Balaban J connectivity index is 1.62. The number of nitrogens with zero attached hydrogens (tertiary/aromatic N) is 2. The van der Waals surface area contributed by atoms with Crippen molar-refractivity contribution in [2.45, 2.75) is 44.8 Å². The molecule has 0 bridgehead atoms. The normalized spacial score (nSPS) is 22.0. The SMILES string of the molecule is CC(C)(O)[C@@H]1CCCN1C(=O)Cc1ccc(N2CCOCC2)cc1. The average Bonchev–Trinajstić information content (AvgIpc) is 3.06. The van der Waals surface area contributed by atoms with E-state index in [2.05, 4.69) is 17.0 Å². The molecule has 0 saturated carbocycles. The van der Waals surface area contributed by atoms with E-state index in [9.17, 15) is 9.90 Å². The first-order chi connectivity index (χ1) is 11.4. The molecule has 1 amide bonds. The number of aliphatic hydroxyl groups is 1. The van der Waals surface area contributed by atoms with E-state index < -0.39 is 5.60 Å². The molecule has 1 N–H and O–H groups in total. The van der Waals surface area contributed by atoms with Gasteiger partial charge in [-0.2, -0.15) is 0 Å². The van der Waals surface area contributed by atoms with Crippen molar-refractivity contribution in [3.63, 3.8) is 0 Å². The molecule has 1 aromatic rings. The van der Waals surface area contributed by atoms with Gasteiger partial charge in [-0.1, -0.05) is 12.1 Å². The van der Waals surface area contributed by atoms with Crippen LogP contribution in [0.3, 0.4) is 0 Å². The van der Waals surface area contributed by atoms with Crippen LogP contribution in [-0.4, -0.2) is 60.4 Å². The van der Waals surface area contributed by atoms with Gasteiger partial charge in [0.25, 0.3) is 0 Å². The number of carbonyl (C=O) groups is 1. The highest BCUT2D eigenvalue weighted by atomic mass is 16.5. The summed E-state index contributed by atoms with van der Waals surface area (Å²) in [4.78, 5) is 16.8. The number of carbonyl (C=O) groups excluding carboxylic acids is 1. The third-order valence-electron chi connectivity index (χ3n) is 5.06. The van der Waals surface area contributed by atoms with Crippen LogP contribution in [0.4, 0.5) is 5.69 Å². The molecule has 2 fully saturated rings. The Labute approximate surface area is 144 Å². The molecule has 5 nitrogen and oxygen atoms in total. The minimum Gasteiger partial charge on any atom is -0.388 e. The van der Waals surface area contributed by atoms with Gasteiger partial charge in [0.05, 0.1) is 31.3 Å². The van der Waals surface area contributed by atoms with Crippen molar-refractivity contribution in [3.8, 4) is 0 Å². The van der Waals surface area contributed by atoms with Crippen molar-refractivity contribution in [1.29, 1.82) is 0 Å². The smallest absolute Gasteiger partial charge is 0.227 e. The van der Waals surface area contributed by atoms with E-state index in [-0.39, 0.29) is 11.9 Å². The molecule has 2 saturated heterocycles. The van der Waals surface area contributed by atoms with Crippen molar-refractivity contribution in [2.24, 2.45) is 0 Å². The van der Waals surface area contributed by atoms with Crippen LogP contribution in [0.2, 0.25) is 0 Å². The van der Waals surface area contributed by atoms with Crippen LogP contribution in [0.15, 0.2) is 24.3 Å². The van der Waals surface area contributed by atoms with Crippen LogP contribution in [0.1, 0.15) is 32.3 Å². The molecule has 1 atom stereocenters. The van der Waals surface area contributed by atoms with Crippen molar-refractivity contribution in [3.05, 3.63) is 29.8 Å². The fraction of sp³-hybridized carbons (Fsp3) is 0.632. The molecule has 2 heterocycles. The number of rotatable bonds is 4. The maximum Gasteiger partial charge on any atom is 0.227 e. The van der Waals surface area contributed by atoms with E-state index in [0.717, 1.165) is 51.3 Å². The Hall–Kier alpha value is -1.59. The maximum atomic E-state index is 12.6. The summed E-state index contributed by atoms with van der Waals surface area (Å²) in [5.41, 5.74) is 1.37. The largest absolute Gasteiger partial charge is 0.388 e. The van der Waals surface area contributed by atoms with Gasteiger partial charge in [0, 0.05) is 25.3 Å².